The predicted octanol–water partition coefficient (Wildman–Crippen LogP) is 2.09. The number of benzene rings is 1. The fraction of sp³-hybridized carbons (Fsp3) is 0.500. The van der Waals surface area contributed by atoms with Gasteiger partial charge in [0.1, 0.15) is 5.54 Å². The Morgan fingerprint density at radius 3 is 2.79 bits per heavy atom. The maximum Gasteiger partial charge on any atom is 0.243 e. The normalized spacial score (nSPS) is 24.7. The van der Waals surface area contributed by atoms with Crippen molar-refractivity contribution in [2.24, 2.45) is 5.73 Å². The molecule has 1 saturated heterocycles. The van der Waals surface area contributed by atoms with Gasteiger partial charge in [-0.3, -0.25) is 4.79 Å². The molecular weight excluding hydrogens is 262 g/mol. The lowest BCUT2D eigenvalue weighted by molar-refractivity contribution is -0.122. The van der Waals surface area contributed by atoms with Crippen molar-refractivity contribution in [3.05, 3.63) is 29.3 Å². The van der Waals surface area contributed by atoms with E-state index in [1.165, 1.54) is 0 Å². The SMILES string of the molecule is CN1CCCC(Nc2ccccc2Cl)(C(N)=O)CC1. The highest BCUT2D eigenvalue weighted by atomic mass is 35.5. The Hall–Kier alpha value is -1.26. The molecular formula is C14H20ClN3O. The molecule has 2 rings (SSSR count). The van der Waals surface area contributed by atoms with Crippen LogP contribution in [0.3, 0.4) is 0 Å². The molecule has 104 valence electrons. The molecule has 1 atom stereocenters. The Labute approximate surface area is 118 Å². The average Bonchev–Trinajstić information content (AvgIpc) is 2.56. The number of likely N-dealkylation sites (tertiary alicyclic amines) is 1. The van der Waals surface area contributed by atoms with E-state index in [0.29, 0.717) is 11.4 Å². The van der Waals surface area contributed by atoms with Crippen molar-refractivity contribution in [2.75, 3.05) is 25.5 Å². The molecule has 5 heteroatoms. The van der Waals surface area contributed by atoms with E-state index in [0.717, 1.165) is 31.6 Å². The number of halogens is 1. The number of primary amides is 1. The molecule has 4 nitrogen and oxygen atoms in total. The number of anilines is 1. The summed E-state index contributed by atoms with van der Waals surface area (Å²) in [4.78, 5) is 14.2. The van der Waals surface area contributed by atoms with Gasteiger partial charge in [0.15, 0.2) is 0 Å². The Balaban J connectivity index is 2.25. The molecule has 0 spiro atoms. The molecule has 3 N–H and O–H groups in total. The highest BCUT2D eigenvalue weighted by Crippen LogP contribution is 2.30. The van der Waals surface area contributed by atoms with Crippen LogP contribution in [0.15, 0.2) is 24.3 Å². The lowest BCUT2D eigenvalue weighted by atomic mass is 9.89. The standard InChI is InChI=1S/C14H20ClN3O/c1-18-9-4-7-14(8-10-18,13(16)19)17-12-6-3-2-5-11(12)15/h2-3,5-6,17H,4,7-10H2,1H3,(H2,16,19). The van der Waals surface area contributed by atoms with E-state index in [1.807, 2.05) is 18.2 Å². The molecule has 1 heterocycles. The summed E-state index contributed by atoms with van der Waals surface area (Å²) in [7, 11) is 2.06. The molecule has 1 aliphatic rings. The second-order valence-corrected chi connectivity index (χ2v) is 5.62. The minimum absolute atomic E-state index is 0.303. The van der Waals surface area contributed by atoms with Crippen molar-refractivity contribution >= 4 is 23.2 Å². The van der Waals surface area contributed by atoms with Crippen molar-refractivity contribution < 1.29 is 4.79 Å². The highest BCUT2D eigenvalue weighted by molar-refractivity contribution is 6.33. The summed E-state index contributed by atoms with van der Waals surface area (Å²) in [5.41, 5.74) is 5.72. The average molecular weight is 282 g/mol. The number of rotatable bonds is 3. The minimum atomic E-state index is -0.699. The topological polar surface area (TPSA) is 58.4 Å². The molecule has 0 bridgehead atoms. The zero-order chi connectivity index (χ0) is 13.9. The number of para-hydroxylation sites is 1. The molecule has 1 aromatic carbocycles. The monoisotopic (exact) mass is 281 g/mol. The zero-order valence-corrected chi connectivity index (χ0v) is 11.9. The number of nitrogens with two attached hydrogens (primary N) is 1. The molecule has 1 fully saturated rings. The second kappa shape index (κ2) is 5.80. The van der Waals surface area contributed by atoms with E-state index in [2.05, 4.69) is 17.3 Å². The van der Waals surface area contributed by atoms with Crippen molar-refractivity contribution in [1.29, 1.82) is 0 Å². The number of nitrogens with zero attached hydrogens (tertiary/aromatic N) is 1. The number of carbonyl (C=O) groups excluding carboxylic acids is 1. The van der Waals surface area contributed by atoms with E-state index in [4.69, 9.17) is 17.3 Å². The van der Waals surface area contributed by atoms with Crippen molar-refractivity contribution in [3.8, 4) is 0 Å². The number of hydrogen-bond donors (Lipinski definition) is 2. The van der Waals surface area contributed by atoms with E-state index >= 15 is 0 Å². The largest absolute Gasteiger partial charge is 0.370 e. The van der Waals surface area contributed by atoms with E-state index < -0.39 is 5.54 Å². The first-order valence-electron chi connectivity index (χ1n) is 6.55. The van der Waals surface area contributed by atoms with Crippen LogP contribution >= 0.6 is 11.6 Å². The number of amides is 1. The first-order valence-corrected chi connectivity index (χ1v) is 6.92. The van der Waals surface area contributed by atoms with Crippen LogP contribution in [0.4, 0.5) is 5.69 Å². The third kappa shape index (κ3) is 3.19. The third-order valence-electron chi connectivity index (χ3n) is 3.78. The highest BCUT2D eigenvalue weighted by Gasteiger charge is 2.38. The predicted molar refractivity (Wildman–Crippen MR) is 78.3 cm³/mol. The van der Waals surface area contributed by atoms with Crippen LogP contribution in [0.5, 0.6) is 0 Å². The van der Waals surface area contributed by atoms with Gasteiger partial charge in [0.05, 0.1) is 10.7 Å². The fourth-order valence-electron chi connectivity index (χ4n) is 2.52. The van der Waals surface area contributed by atoms with Gasteiger partial charge in [0.2, 0.25) is 5.91 Å². The van der Waals surface area contributed by atoms with Gasteiger partial charge in [-0.1, -0.05) is 23.7 Å². The number of carbonyl (C=O) groups is 1. The van der Waals surface area contributed by atoms with Gasteiger partial charge in [-0.15, -0.1) is 0 Å². The summed E-state index contributed by atoms with van der Waals surface area (Å²) in [5.74, 6) is -0.303. The summed E-state index contributed by atoms with van der Waals surface area (Å²) in [6.45, 7) is 1.83. The maximum atomic E-state index is 11.9. The number of hydrogen-bond acceptors (Lipinski definition) is 3. The lowest BCUT2D eigenvalue weighted by Gasteiger charge is -2.32. The Bertz CT molecular complexity index is 466. The van der Waals surface area contributed by atoms with E-state index in [1.54, 1.807) is 6.07 Å². The smallest absolute Gasteiger partial charge is 0.243 e. The third-order valence-corrected chi connectivity index (χ3v) is 4.11. The molecule has 0 saturated carbocycles. The maximum absolute atomic E-state index is 11.9. The first-order chi connectivity index (χ1) is 9.03. The van der Waals surface area contributed by atoms with Crippen molar-refractivity contribution in [1.82, 2.24) is 4.90 Å². The quantitative estimate of drug-likeness (QED) is 0.892. The van der Waals surface area contributed by atoms with E-state index in [9.17, 15) is 4.79 Å². The molecule has 1 aliphatic heterocycles. The Morgan fingerprint density at radius 2 is 2.11 bits per heavy atom. The lowest BCUT2D eigenvalue weighted by Crippen LogP contribution is -2.51. The van der Waals surface area contributed by atoms with Gasteiger partial charge in [0.25, 0.3) is 0 Å². The van der Waals surface area contributed by atoms with Gasteiger partial charge in [-0.25, -0.2) is 0 Å². The van der Waals surface area contributed by atoms with Crippen LogP contribution < -0.4 is 11.1 Å². The van der Waals surface area contributed by atoms with Crippen LogP contribution in [-0.4, -0.2) is 36.5 Å². The van der Waals surface area contributed by atoms with Gasteiger partial charge in [-0.05, 0) is 45.0 Å². The summed E-state index contributed by atoms with van der Waals surface area (Å²) in [6.07, 6.45) is 2.37. The molecule has 19 heavy (non-hydrogen) atoms. The van der Waals surface area contributed by atoms with Gasteiger partial charge in [-0.2, -0.15) is 0 Å². The molecule has 1 unspecified atom stereocenters. The van der Waals surface area contributed by atoms with Gasteiger partial charge < -0.3 is 16.0 Å². The van der Waals surface area contributed by atoms with E-state index in [-0.39, 0.29) is 5.91 Å². The summed E-state index contributed by atoms with van der Waals surface area (Å²) < 4.78 is 0. The van der Waals surface area contributed by atoms with Gasteiger partial charge in [0, 0.05) is 6.54 Å². The van der Waals surface area contributed by atoms with Crippen LogP contribution in [0, 0.1) is 0 Å². The summed E-state index contributed by atoms with van der Waals surface area (Å²) in [5, 5.41) is 3.90. The number of nitrogens with one attached hydrogen (secondary N) is 1. The molecule has 0 aliphatic carbocycles. The Morgan fingerprint density at radius 1 is 1.37 bits per heavy atom. The van der Waals surface area contributed by atoms with Gasteiger partial charge >= 0.3 is 0 Å². The molecule has 0 radical (unpaired) electrons. The van der Waals surface area contributed by atoms with Crippen molar-refractivity contribution in [3.63, 3.8) is 0 Å². The van der Waals surface area contributed by atoms with Crippen LogP contribution in [0.2, 0.25) is 5.02 Å². The van der Waals surface area contributed by atoms with Crippen molar-refractivity contribution in [2.45, 2.75) is 24.8 Å². The molecule has 0 aromatic heterocycles. The van der Waals surface area contributed by atoms with Crippen LogP contribution in [-0.2, 0) is 4.79 Å². The zero-order valence-electron chi connectivity index (χ0n) is 11.2. The second-order valence-electron chi connectivity index (χ2n) is 5.21. The first kappa shape index (κ1) is 14.2. The molecule has 1 amide bonds. The van der Waals surface area contributed by atoms with Crippen LogP contribution in [0.1, 0.15) is 19.3 Å². The van der Waals surface area contributed by atoms with Crippen LogP contribution in [0.25, 0.3) is 0 Å². The minimum Gasteiger partial charge on any atom is -0.370 e. The fourth-order valence-corrected chi connectivity index (χ4v) is 2.71. The molecule has 1 aromatic rings. The Kier molecular flexibility index (Phi) is 4.32. The summed E-state index contributed by atoms with van der Waals surface area (Å²) in [6, 6.07) is 7.44. The summed E-state index contributed by atoms with van der Waals surface area (Å²) >= 11 is 6.15.